The number of aromatic nitrogens is 3. The maximum Gasteiger partial charge on any atom is 0.254 e. The summed E-state index contributed by atoms with van der Waals surface area (Å²) < 4.78 is 6.21. The monoisotopic (exact) mass is 441 g/mol. The number of rotatable bonds is 5. The number of hydrogen-bond acceptors (Lipinski definition) is 6. The lowest BCUT2D eigenvalue weighted by molar-refractivity contribution is 0.0741. The van der Waals surface area contributed by atoms with Crippen LogP contribution in [0.1, 0.15) is 40.5 Å². The summed E-state index contributed by atoms with van der Waals surface area (Å²) in [6.07, 6.45) is 0.852. The number of ether oxygens (including phenoxy) is 1. The average Bonchev–Trinajstić information content (AvgIpc) is 3.19. The first-order chi connectivity index (χ1) is 13.6. The largest absolute Gasteiger partial charge is 0.383 e. The molecule has 3 heterocycles. The molecule has 0 fully saturated rings. The number of amides is 1. The molecule has 1 aromatic carbocycles. The van der Waals surface area contributed by atoms with Crippen LogP contribution < -0.4 is 5.73 Å². The van der Waals surface area contributed by atoms with Crippen LogP contribution in [0, 0.1) is 0 Å². The highest BCUT2D eigenvalue weighted by atomic mass is 79.9. The third-order valence-electron chi connectivity index (χ3n) is 4.80. The van der Waals surface area contributed by atoms with Gasteiger partial charge in [0.2, 0.25) is 0 Å². The third kappa shape index (κ3) is 3.57. The lowest BCUT2D eigenvalue weighted by atomic mass is 10.0. The number of anilines is 1. The Kier molecular flexibility index (Phi) is 5.23. The van der Waals surface area contributed by atoms with Crippen molar-refractivity contribution in [3.63, 3.8) is 0 Å². The zero-order chi connectivity index (χ0) is 19.7. The van der Waals surface area contributed by atoms with Crippen LogP contribution in [0.5, 0.6) is 0 Å². The molecule has 28 heavy (non-hydrogen) atoms. The summed E-state index contributed by atoms with van der Waals surface area (Å²) in [7, 11) is 0. The van der Waals surface area contributed by atoms with Gasteiger partial charge in [0.25, 0.3) is 5.91 Å². The van der Waals surface area contributed by atoms with Gasteiger partial charge in [-0.1, -0.05) is 6.92 Å². The second-order valence-corrected chi connectivity index (χ2v) is 7.57. The number of pyridine rings is 1. The smallest absolute Gasteiger partial charge is 0.254 e. The second-order valence-electron chi connectivity index (χ2n) is 6.75. The van der Waals surface area contributed by atoms with Crippen LogP contribution in [0.2, 0.25) is 0 Å². The quantitative estimate of drug-likeness (QED) is 0.651. The molecule has 0 bridgehead atoms. The van der Waals surface area contributed by atoms with Crippen molar-refractivity contribution in [1.29, 1.82) is 0 Å². The van der Waals surface area contributed by atoms with E-state index in [0.717, 1.165) is 34.1 Å². The molecule has 7 nitrogen and oxygen atoms in total. The molecular weight excluding hydrogens is 422 g/mol. The van der Waals surface area contributed by atoms with Gasteiger partial charge in [0.15, 0.2) is 0 Å². The maximum atomic E-state index is 13.2. The van der Waals surface area contributed by atoms with Crippen LogP contribution >= 0.6 is 15.9 Å². The standard InChI is InChI=1S/C20H20BrN5O2/c1-2-7-26(9-13-4-6-18(21)25-24-13)20(27)12-3-5-17-14(8-12)15-10-28-11-16(15)19(22)23-17/h3-6,8H,2,7,9-11H2,1H3,(H2,22,23). The zero-order valence-electron chi connectivity index (χ0n) is 15.5. The molecule has 8 heteroatoms. The van der Waals surface area contributed by atoms with Gasteiger partial charge in [0, 0.05) is 23.1 Å². The average molecular weight is 442 g/mol. The molecule has 144 valence electrons. The summed E-state index contributed by atoms with van der Waals surface area (Å²) >= 11 is 3.28. The summed E-state index contributed by atoms with van der Waals surface area (Å²) in [5, 5.41) is 9.08. The van der Waals surface area contributed by atoms with Crippen molar-refractivity contribution in [2.75, 3.05) is 12.3 Å². The van der Waals surface area contributed by atoms with Crippen LogP contribution in [0.15, 0.2) is 34.9 Å². The Morgan fingerprint density at radius 1 is 1.21 bits per heavy atom. The lowest BCUT2D eigenvalue weighted by Gasteiger charge is -2.22. The third-order valence-corrected chi connectivity index (χ3v) is 5.22. The Morgan fingerprint density at radius 3 is 2.79 bits per heavy atom. The van der Waals surface area contributed by atoms with Crippen molar-refractivity contribution in [3.05, 3.63) is 57.3 Å². The summed E-state index contributed by atoms with van der Waals surface area (Å²) in [4.78, 5) is 19.5. The van der Waals surface area contributed by atoms with Gasteiger partial charge in [0.05, 0.1) is 31.0 Å². The first-order valence-corrected chi connectivity index (χ1v) is 9.92. The fourth-order valence-electron chi connectivity index (χ4n) is 3.43. The fraction of sp³-hybridized carbons (Fsp3) is 0.300. The molecule has 0 aliphatic carbocycles. The molecule has 1 aliphatic rings. The minimum atomic E-state index is -0.0436. The fourth-order valence-corrected chi connectivity index (χ4v) is 3.64. The van der Waals surface area contributed by atoms with E-state index in [1.54, 1.807) is 11.0 Å². The number of nitrogens with two attached hydrogens (primary N) is 1. The van der Waals surface area contributed by atoms with E-state index in [2.05, 4.69) is 31.1 Å². The van der Waals surface area contributed by atoms with E-state index in [1.165, 1.54) is 0 Å². The predicted octanol–water partition coefficient (Wildman–Crippen LogP) is 3.45. The molecule has 1 aliphatic heterocycles. The SMILES string of the molecule is CCCN(Cc1ccc(Br)nn1)C(=O)c1ccc2nc(N)c3c(c2c1)COC3. The first-order valence-electron chi connectivity index (χ1n) is 9.13. The van der Waals surface area contributed by atoms with E-state index in [-0.39, 0.29) is 5.91 Å². The number of nitrogen functional groups attached to an aromatic ring is 1. The van der Waals surface area contributed by atoms with Crippen molar-refractivity contribution in [2.45, 2.75) is 33.1 Å². The van der Waals surface area contributed by atoms with Gasteiger partial charge < -0.3 is 15.4 Å². The highest BCUT2D eigenvalue weighted by Gasteiger charge is 2.22. The summed E-state index contributed by atoms with van der Waals surface area (Å²) in [6, 6.07) is 9.24. The Balaban J connectivity index is 1.67. The van der Waals surface area contributed by atoms with Gasteiger partial charge >= 0.3 is 0 Å². The number of fused-ring (bicyclic) bond motifs is 3. The van der Waals surface area contributed by atoms with E-state index >= 15 is 0 Å². The van der Waals surface area contributed by atoms with Crippen LogP contribution in [-0.2, 0) is 24.5 Å². The van der Waals surface area contributed by atoms with Crippen molar-refractivity contribution >= 4 is 38.6 Å². The van der Waals surface area contributed by atoms with Gasteiger partial charge in [-0.3, -0.25) is 4.79 Å². The van der Waals surface area contributed by atoms with Gasteiger partial charge in [-0.25, -0.2) is 4.98 Å². The number of hydrogen-bond donors (Lipinski definition) is 1. The normalized spacial score (nSPS) is 12.9. The lowest BCUT2D eigenvalue weighted by Crippen LogP contribution is -2.31. The van der Waals surface area contributed by atoms with Crippen LogP contribution in [0.3, 0.4) is 0 Å². The van der Waals surface area contributed by atoms with E-state index in [4.69, 9.17) is 10.5 Å². The second kappa shape index (κ2) is 7.81. The molecular formula is C20H20BrN5O2. The molecule has 0 atom stereocenters. The summed E-state index contributed by atoms with van der Waals surface area (Å²) in [5.41, 5.74) is 10.1. The van der Waals surface area contributed by atoms with Crippen LogP contribution in [0.4, 0.5) is 5.82 Å². The topological polar surface area (TPSA) is 94.2 Å². The Bertz CT molecular complexity index is 1040. The maximum absolute atomic E-state index is 13.2. The predicted molar refractivity (Wildman–Crippen MR) is 109 cm³/mol. The molecule has 2 N–H and O–H groups in total. The Morgan fingerprint density at radius 2 is 2.04 bits per heavy atom. The minimum absolute atomic E-state index is 0.0436. The van der Waals surface area contributed by atoms with Crippen molar-refractivity contribution in [1.82, 2.24) is 20.1 Å². The Labute approximate surface area is 171 Å². The number of halogens is 1. The summed E-state index contributed by atoms with van der Waals surface area (Å²) in [5.74, 6) is 0.457. The number of carbonyl (C=O) groups excluding carboxylic acids is 1. The first kappa shape index (κ1) is 18.8. The number of nitrogens with zero attached hydrogens (tertiary/aromatic N) is 4. The van der Waals surface area contributed by atoms with Crippen LogP contribution in [0.25, 0.3) is 10.9 Å². The van der Waals surface area contributed by atoms with E-state index in [0.29, 0.717) is 42.3 Å². The number of benzene rings is 1. The number of carbonyl (C=O) groups is 1. The molecule has 2 aromatic heterocycles. The van der Waals surface area contributed by atoms with Crippen LogP contribution in [-0.4, -0.2) is 32.5 Å². The molecule has 0 unspecified atom stereocenters. The highest BCUT2D eigenvalue weighted by molar-refractivity contribution is 9.10. The Hall–Kier alpha value is -2.58. The highest BCUT2D eigenvalue weighted by Crippen LogP contribution is 2.31. The van der Waals surface area contributed by atoms with Gasteiger partial charge in [-0.15, -0.1) is 5.10 Å². The van der Waals surface area contributed by atoms with Gasteiger partial charge in [-0.2, -0.15) is 5.10 Å². The molecule has 0 radical (unpaired) electrons. The molecule has 0 saturated heterocycles. The van der Waals surface area contributed by atoms with E-state index in [9.17, 15) is 4.79 Å². The van der Waals surface area contributed by atoms with Gasteiger partial charge in [-0.05, 0) is 58.2 Å². The zero-order valence-corrected chi connectivity index (χ0v) is 17.1. The van der Waals surface area contributed by atoms with E-state index in [1.807, 2.05) is 31.2 Å². The molecule has 4 rings (SSSR count). The molecule has 0 saturated carbocycles. The van der Waals surface area contributed by atoms with Crippen molar-refractivity contribution in [3.8, 4) is 0 Å². The minimum Gasteiger partial charge on any atom is -0.383 e. The summed E-state index contributed by atoms with van der Waals surface area (Å²) in [6.45, 7) is 4.04. The van der Waals surface area contributed by atoms with Crippen molar-refractivity contribution in [2.24, 2.45) is 0 Å². The molecule has 0 spiro atoms. The van der Waals surface area contributed by atoms with Gasteiger partial charge in [0.1, 0.15) is 10.4 Å². The molecule has 1 amide bonds. The van der Waals surface area contributed by atoms with E-state index < -0.39 is 0 Å². The molecule has 3 aromatic rings. The van der Waals surface area contributed by atoms with Crippen molar-refractivity contribution < 1.29 is 9.53 Å².